The second kappa shape index (κ2) is 7.06. The van der Waals surface area contributed by atoms with Gasteiger partial charge in [-0.2, -0.15) is 0 Å². The zero-order valence-corrected chi connectivity index (χ0v) is 13.1. The van der Waals surface area contributed by atoms with Gasteiger partial charge in [-0.3, -0.25) is 14.0 Å². The first-order valence-electron chi connectivity index (χ1n) is 7.08. The van der Waals surface area contributed by atoms with Gasteiger partial charge in [-0.25, -0.2) is 4.98 Å². The van der Waals surface area contributed by atoms with Crippen LogP contribution in [0, 0.1) is 0 Å². The fraction of sp³-hybridized carbons (Fsp3) is 0.188. The van der Waals surface area contributed by atoms with Crippen molar-refractivity contribution in [2.75, 3.05) is 6.54 Å². The van der Waals surface area contributed by atoms with E-state index in [9.17, 15) is 9.59 Å². The first-order chi connectivity index (χ1) is 11.2. The number of ether oxygens (including phenoxy) is 1. The smallest absolute Gasteiger partial charge is 0.325 e. The van der Waals surface area contributed by atoms with Crippen molar-refractivity contribution in [1.29, 1.82) is 0 Å². The molecular weight excluding hydrogens is 314 g/mol. The molecule has 0 spiro atoms. The maximum absolute atomic E-state index is 11.8. The topological polar surface area (TPSA) is 72.7 Å². The summed E-state index contributed by atoms with van der Waals surface area (Å²) in [6.45, 7) is 0.0563. The molecular formula is C16H15N3O3S. The fourth-order valence-corrected chi connectivity index (χ4v) is 2.77. The first-order valence-corrected chi connectivity index (χ1v) is 7.96. The van der Waals surface area contributed by atoms with Crippen molar-refractivity contribution in [1.82, 2.24) is 14.7 Å². The molecule has 0 radical (unpaired) electrons. The Balaban J connectivity index is 1.41. The van der Waals surface area contributed by atoms with E-state index in [1.54, 1.807) is 6.20 Å². The van der Waals surface area contributed by atoms with Crippen LogP contribution in [0.3, 0.4) is 0 Å². The molecule has 0 aliphatic carbocycles. The van der Waals surface area contributed by atoms with Crippen LogP contribution in [0.15, 0.2) is 48.1 Å². The number of hydrogen-bond acceptors (Lipinski definition) is 5. The average Bonchev–Trinajstić information content (AvgIpc) is 3.13. The van der Waals surface area contributed by atoms with E-state index in [-0.39, 0.29) is 25.5 Å². The molecule has 0 unspecified atom stereocenters. The van der Waals surface area contributed by atoms with Crippen molar-refractivity contribution in [2.24, 2.45) is 0 Å². The van der Waals surface area contributed by atoms with Gasteiger partial charge in [0.2, 0.25) is 5.91 Å². The molecule has 0 aliphatic heterocycles. The highest BCUT2D eigenvalue weighted by Crippen LogP contribution is 2.11. The van der Waals surface area contributed by atoms with Gasteiger partial charge in [0.15, 0.2) is 4.96 Å². The van der Waals surface area contributed by atoms with Gasteiger partial charge < -0.3 is 10.1 Å². The summed E-state index contributed by atoms with van der Waals surface area (Å²) in [4.78, 5) is 28.6. The molecule has 0 bridgehead atoms. The molecule has 1 amide bonds. The molecule has 118 valence electrons. The SMILES string of the molecule is O=C(Cc1cn2ccsc2n1)NCC(=O)OCc1ccccc1. The molecule has 3 rings (SSSR count). The third-order valence-corrected chi connectivity index (χ3v) is 3.93. The van der Waals surface area contributed by atoms with E-state index in [1.165, 1.54) is 11.3 Å². The highest BCUT2D eigenvalue weighted by atomic mass is 32.1. The number of fused-ring (bicyclic) bond motifs is 1. The Morgan fingerprint density at radius 1 is 1.26 bits per heavy atom. The van der Waals surface area contributed by atoms with Crippen LogP contribution in [0.4, 0.5) is 0 Å². The lowest BCUT2D eigenvalue weighted by Gasteiger charge is -2.06. The van der Waals surface area contributed by atoms with E-state index in [2.05, 4.69) is 10.3 Å². The van der Waals surface area contributed by atoms with E-state index < -0.39 is 5.97 Å². The molecule has 6 nitrogen and oxygen atoms in total. The molecule has 1 aromatic carbocycles. The number of nitrogens with one attached hydrogen (secondary N) is 1. The van der Waals surface area contributed by atoms with Crippen molar-refractivity contribution in [3.05, 3.63) is 59.4 Å². The van der Waals surface area contributed by atoms with Crippen LogP contribution in [-0.4, -0.2) is 27.8 Å². The Hall–Kier alpha value is -2.67. The molecule has 0 aliphatic rings. The quantitative estimate of drug-likeness (QED) is 0.700. The summed E-state index contributed by atoms with van der Waals surface area (Å²) in [5.41, 5.74) is 1.58. The minimum atomic E-state index is -0.465. The Bertz CT molecular complexity index is 782. The monoisotopic (exact) mass is 329 g/mol. The predicted molar refractivity (Wildman–Crippen MR) is 86.0 cm³/mol. The van der Waals surface area contributed by atoms with E-state index in [0.29, 0.717) is 5.69 Å². The lowest BCUT2D eigenvalue weighted by Crippen LogP contribution is -2.31. The third-order valence-electron chi connectivity index (χ3n) is 3.16. The average molecular weight is 329 g/mol. The van der Waals surface area contributed by atoms with Crippen LogP contribution in [0.25, 0.3) is 4.96 Å². The fourth-order valence-electron chi connectivity index (χ4n) is 2.05. The third kappa shape index (κ3) is 4.17. The van der Waals surface area contributed by atoms with Crippen molar-refractivity contribution < 1.29 is 14.3 Å². The normalized spacial score (nSPS) is 10.6. The van der Waals surface area contributed by atoms with Crippen LogP contribution < -0.4 is 5.32 Å². The van der Waals surface area contributed by atoms with Gasteiger partial charge in [-0.1, -0.05) is 30.3 Å². The van der Waals surface area contributed by atoms with Crippen molar-refractivity contribution in [3.63, 3.8) is 0 Å². The summed E-state index contributed by atoms with van der Waals surface area (Å²) in [6.07, 6.45) is 3.83. The van der Waals surface area contributed by atoms with Gasteiger partial charge in [0.25, 0.3) is 0 Å². The van der Waals surface area contributed by atoms with E-state index in [4.69, 9.17) is 4.74 Å². The number of carbonyl (C=O) groups excluding carboxylic acids is 2. The summed E-state index contributed by atoms with van der Waals surface area (Å²) in [5, 5.41) is 4.47. The van der Waals surface area contributed by atoms with Gasteiger partial charge in [-0.05, 0) is 5.56 Å². The van der Waals surface area contributed by atoms with Crippen molar-refractivity contribution in [2.45, 2.75) is 13.0 Å². The number of aromatic nitrogens is 2. The summed E-state index contributed by atoms with van der Waals surface area (Å²) in [6, 6.07) is 9.39. The van der Waals surface area contributed by atoms with E-state index >= 15 is 0 Å². The molecule has 0 saturated carbocycles. The number of esters is 1. The summed E-state index contributed by atoms with van der Waals surface area (Å²) < 4.78 is 6.96. The number of thiazole rings is 1. The molecule has 7 heteroatoms. The second-order valence-electron chi connectivity index (χ2n) is 4.92. The minimum Gasteiger partial charge on any atom is -0.460 e. The van der Waals surface area contributed by atoms with Crippen LogP contribution in [0.5, 0.6) is 0 Å². The number of nitrogens with zero attached hydrogens (tertiary/aromatic N) is 2. The van der Waals surface area contributed by atoms with Gasteiger partial charge in [0.1, 0.15) is 13.2 Å². The minimum absolute atomic E-state index is 0.139. The van der Waals surface area contributed by atoms with Gasteiger partial charge in [0, 0.05) is 17.8 Å². The van der Waals surface area contributed by atoms with Gasteiger partial charge in [0.05, 0.1) is 12.1 Å². The lowest BCUT2D eigenvalue weighted by molar-refractivity contribution is -0.145. The summed E-state index contributed by atoms with van der Waals surface area (Å²) >= 11 is 1.50. The van der Waals surface area contributed by atoms with Crippen LogP contribution >= 0.6 is 11.3 Å². The number of hydrogen-bond donors (Lipinski definition) is 1. The first kappa shape index (κ1) is 15.2. The Labute approximate surface area is 136 Å². The Morgan fingerprint density at radius 2 is 2.09 bits per heavy atom. The van der Waals surface area contributed by atoms with Gasteiger partial charge >= 0.3 is 5.97 Å². The summed E-state index contributed by atoms with van der Waals surface area (Å²) in [7, 11) is 0. The molecule has 3 aromatic rings. The molecule has 23 heavy (non-hydrogen) atoms. The van der Waals surface area contributed by atoms with Gasteiger partial charge in [-0.15, -0.1) is 11.3 Å². The maximum atomic E-state index is 11.8. The van der Waals surface area contributed by atoms with Crippen LogP contribution in [-0.2, 0) is 27.4 Å². The standard InChI is InChI=1S/C16H15N3O3S/c20-14(8-13-10-19-6-7-23-16(19)18-13)17-9-15(21)22-11-12-4-2-1-3-5-12/h1-7,10H,8-9,11H2,(H,17,20). The van der Waals surface area contributed by atoms with Crippen molar-refractivity contribution in [3.8, 4) is 0 Å². The number of imidazole rings is 1. The largest absolute Gasteiger partial charge is 0.460 e. The number of amides is 1. The Morgan fingerprint density at radius 3 is 2.87 bits per heavy atom. The molecule has 2 aromatic heterocycles. The number of rotatable bonds is 6. The molecule has 0 fully saturated rings. The zero-order chi connectivity index (χ0) is 16.1. The molecule has 2 heterocycles. The number of benzene rings is 1. The zero-order valence-electron chi connectivity index (χ0n) is 12.3. The molecule has 1 N–H and O–H groups in total. The Kier molecular flexibility index (Phi) is 4.68. The molecule has 0 atom stereocenters. The van der Waals surface area contributed by atoms with Crippen LogP contribution in [0.1, 0.15) is 11.3 Å². The molecule has 0 saturated heterocycles. The predicted octanol–water partition coefficient (Wildman–Crippen LogP) is 1.80. The highest BCUT2D eigenvalue weighted by Gasteiger charge is 2.10. The highest BCUT2D eigenvalue weighted by molar-refractivity contribution is 7.15. The number of carbonyl (C=O) groups is 2. The van der Waals surface area contributed by atoms with Crippen molar-refractivity contribution >= 4 is 28.2 Å². The second-order valence-corrected chi connectivity index (χ2v) is 5.80. The van der Waals surface area contributed by atoms with Crippen LogP contribution in [0.2, 0.25) is 0 Å². The maximum Gasteiger partial charge on any atom is 0.325 e. The van der Waals surface area contributed by atoms with E-state index in [0.717, 1.165) is 10.5 Å². The van der Waals surface area contributed by atoms with E-state index in [1.807, 2.05) is 46.3 Å². The lowest BCUT2D eigenvalue weighted by atomic mass is 10.2. The summed E-state index contributed by atoms with van der Waals surface area (Å²) in [5.74, 6) is -0.722.